The van der Waals surface area contributed by atoms with Gasteiger partial charge in [0, 0.05) is 24.2 Å². The van der Waals surface area contributed by atoms with Gasteiger partial charge in [0.2, 0.25) is 0 Å². The number of carbonyl (C=O) groups is 2. The van der Waals surface area contributed by atoms with Crippen LogP contribution < -0.4 is 9.67 Å². The second-order valence-electron chi connectivity index (χ2n) is 7.04. The number of hydrogen-bond donors (Lipinski definition) is 0. The molecule has 1 aliphatic rings. The maximum absolute atomic E-state index is 13.4. The summed E-state index contributed by atoms with van der Waals surface area (Å²) < 4.78 is 2.72. The second-order valence-corrected chi connectivity index (χ2v) is 7.86. The van der Waals surface area contributed by atoms with Crippen LogP contribution in [0.5, 0.6) is 5.88 Å². The molecule has 0 aliphatic carbocycles. The van der Waals surface area contributed by atoms with Gasteiger partial charge < -0.3 is 5.11 Å². The minimum atomic E-state index is -0.514. The number of hydrogen-bond acceptors (Lipinski definition) is 4. The Balaban J connectivity index is 1.95. The number of carbonyl (C=O) groups excluding carboxylic acids is 2. The SMILES string of the molecule is CCCN1C(=O)C(c2c(C)nn(-c3ccc(Cl)c(Cl)c3)c2[O-])=C([n+]2ccccc2)C1=O. The smallest absolute Gasteiger partial charge is 0.326 e. The lowest BCUT2D eigenvalue weighted by molar-refractivity contribution is -0.576. The summed E-state index contributed by atoms with van der Waals surface area (Å²) in [4.78, 5) is 27.6. The minimum Gasteiger partial charge on any atom is -0.858 e. The van der Waals surface area contributed by atoms with Crippen LogP contribution >= 0.6 is 23.2 Å². The molecule has 0 atom stereocenters. The molecule has 1 aliphatic heterocycles. The first-order valence-corrected chi connectivity index (χ1v) is 10.4. The predicted octanol–water partition coefficient (Wildman–Crippen LogP) is 3.00. The normalized spacial score (nSPS) is 14.1. The van der Waals surface area contributed by atoms with Crippen molar-refractivity contribution in [1.82, 2.24) is 14.7 Å². The molecule has 7 nitrogen and oxygen atoms in total. The fourth-order valence-electron chi connectivity index (χ4n) is 3.59. The molecule has 3 heterocycles. The monoisotopic (exact) mass is 456 g/mol. The molecule has 0 N–H and O–H groups in total. The van der Waals surface area contributed by atoms with Crippen LogP contribution in [-0.2, 0) is 9.59 Å². The average molecular weight is 457 g/mol. The molecule has 0 saturated carbocycles. The molecule has 0 fully saturated rings. The van der Waals surface area contributed by atoms with Gasteiger partial charge in [0.25, 0.3) is 11.6 Å². The summed E-state index contributed by atoms with van der Waals surface area (Å²) in [5.74, 6) is -1.47. The highest BCUT2D eigenvalue weighted by atomic mass is 35.5. The van der Waals surface area contributed by atoms with Gasteiger partial charge in [-0.05, 0) is 37.4 Å². The van der Waals surface area contributed by atoms with E-state index >= 15 is 0 Å². The van der Waals surface area contributed by atoms with Crippen molar-refractivity contribution in [3.05, 3.63) is 70.1 Å². The summed E-state index contributed by atoms with van der Waals surface area (Å²) in [6, 6.07) is 9.98. The number of amides is 2. The molecule has 2 amide bonds. The Morgan fingerprint density at radius 3 is 2.42 bits per heavy atom. The Labute approximate surface area is 188 Å². The van der Waals surface area contributed by atoms with E-state index in [1.165, 1.54) is 11.0 Å². The summed E-state index contributed by atoms with van der Waals surface area (Å²) in [7, 11) is 0. The van der Waals surface area contributed by atoms with Crippen LogP contribution in [0, 0.1) is 6.92 Å². The van der Waals surface area contributed by atoms with Gasteiger partial charge in [-0.1, -0.05) is 36.2 Å². The number of halogens is 2. The Bertz CT molecular complexity index is 1240. The van der Waals surface area contributed by atoms with Gasteiger partial charge in [-0.15, -0.1) is 0 Å². The lowest BCUT2D eigenvalue weighted by atomic mass is 10.0. The number of pyridine rings is 1. The Morgan fingerprint density at radius 1 is 1.06 bits per heavy atom. The van der Waals surface area contributed by atoms with Crippen LogP contribution in [0.15, 0.2) is 48.8 Å². The van der Waals surface area contributed by atoms with Crippen molar-refractivity contribution in [2.45, 2.75) is 20.3 Å². The van der Waals surface area contributed by atoms with Crippen LogP contribution in [-0.4, -0.2) is 33.0 Å². The van der Waals surface area contributed by atoms with Crippen molar-refractivity contribution in [2.24, 2.45) is 0 Å². The summed E-state index contributed by atoms with van der Waals surface area (Å²) >= 11 is 12.1. The quantitative estimate of drug-likeness (QED) is 0.436. The first-order valence-electron chi connectivity index (χ1n) is 9.64. The fourth-order valence-corrected chi connectivity index (χ4v) is 3.88. The number of rotatable bonds is 5. The van der Waals surface area contributed by atoms with Gasteiger partial charge in [0.05, 0.1) is 21.4 Å². The highest BCUT2D eigenvalue weighted by Gasteiger charge is 2.46. The number of aryl methyl sites for hydroxylation is 1. The topological polar surface area (TPSA) is 82.1 Å². The molecule has 0 saturated heterocycles. The average Bonchev–Trinajstić information content (AvgIpc) is 3.18. The molecule has 0 bridgehead atoms. The first-order chi connectivity index (χ1) is 14.8. The van der Waals surface area contributed by atoms with Gasteiger partial charge in [0.1, 0.15) is 5.57 Å². The van der Waals surface area contributed by atoms with E-state index in [4.69, 9.17) is 23.2 Å². The van der Waals surface area contributed by atoms with E-state index in [9.17, 15) is 14.7 Å². The van der Waals surface area contributed by atoms with Crippen LogP contribution in [0.1, 0.15) is 24.6 Å². The van der Waals surface area contributed by atoms with E-state index in [1.807, 2.05) is 6.92 Å². The number of aromatic nitrogens is 3. The molecule has 1 aromatic carbocycles. The molecule has 4 rings (SSSR count). The van der Waals surface area contributed by atoms with Crippen LogP contribution in [0.4, 0.5) is 0 Å². The zero-order valence-corrected chi connectivity index (χ0v) is 18.3. The van der Waals surface area contributed by atoms with E-state index in [1.54, 1.807) is 54.2 Å². The van der Waals surface area contributed by atoms with Crippen LogP contribution in [0.2, 0.25) is 10.0 Å². The Hall–Kier alpha value is -3.16. The third-order valence-electron chi connectivity index (χ3n) is 4.98. The zero-order chi connectivity index (χ0) is 22.3. The number of benzene rings is 1. The lowest BCUT2D eigenvalue weighted by Crippen LogP contribution is -2.39. The van der Waals surface area contributed by atoms with Crippen molar-refractivity contribution in [3.63, 3.8) is 0 Å². The van der Waals surface area contributed by atoms with Crippen molar-refractivity contribution in [2.75, 3.05) is 6.54 Å². The molecular formula is C22H18Cl2N4O3. The zero-order valence-electron chi connectivity index (χ0n) is 16.8. The molecule has 0 unspecified atom stereocenters. The van der Waals surface area contributed by atoms with Gasteiger partial charge in [-0.3, -0.25) is 14.5 Å². The van der Waals surface area contributed by atoms with Gasteiger partial charge in [-0.25, -0.2) is 4.68 Å². The predicted molar refractivity (Wildman–Crippen MR) is 115 cm³/mol. The van der Waals surface area contributed by atoms with Crippen molar-refractivity contribution in [3.8, 4) is 11.6 Å². The fraction of sp³-hybridized carbons (Fsp3) is 0.182. The van der Waals surface area contributed by atoms with E-state index in [0.29, 0.717) is 22.8 Å². The molecule has 3 aromatic rings. The molecule has 31 heavy (non-hydrogen) atoms. The van der Waals surface area contributed by atoms with Gasteiger partial charge in [0.15, 0.2) is 12.4 Å². The lowest BCUT2D eigenvalue weighted by Gasteiger charge is -2.15. The second kappa shape index (κ2) is 8.17. The summed E-state index contributed by atoms with van der Waals surface area (Å²) in [6.07, 6.45) is 3.93. The standard InChI is InChI=1S/C22H18Cl2N4O3/c1-3-9-27-20(29)18(19(22(27)31)26-10-5-4-6-11-26)17-13(2)25-28(21(17)30)14-7-8-15(23)16(24)12-14/h4-8,10-12H,3,9H2,1-2H3. The third-order valence-corrected chi connectivity index (χ3v) is 5.72. The maximum Gasteiger partial charge on any atom is 0.326 e. The highest BCUT2D eigenvalue weighted by molar-refractivity contribution is 6.45. The van der Waals surface area contributed by atoms with Gasteiger partial charge >= 0.3 is 5.91 Å². The molecule has 158 valence electrons. The first kappa shape index (κ1) is 21.1. The van der Waals surface area contributed by atoms with Crippen molar-refractivity contribution in [1.29, 1.82) is 0 Å². The van der Waals surface area contributed by atoms with Crippen molar-refractivity contribution >= 4 is 46.3 Å². The van der Waals surface area contributed by atoms with E-state index in [0.717, 1.165) is 4.68 Å². The molecule has 0 radical (unpaired) electrons. The summed E-state index contributed by atoms with van der Waals surface area (Å²) in [5, 5.41) is 18.3. The van der Waals surface area contributed by atoms with Crippen molar-refractivity contribution < 1.29 is 19.3 Å². The van der Waals surface area contributed by atoms with Gasteiger partial charge in [-0.2, -0.15) is 9.67 Å². The molecule has 9 heteroatoms. The molecule has 0 spiro atoms. The number of imide groups is 1. The summed E-state index contributed by atoms with van der Waals surface area (Å²) in [5.41, 5.74) is 1.01. The Morgan fingerprint density at radius 2 is 1.77 bits per heavy atom. The van der Waals surface area contributed by atoms with Crippen LogP contribution in [0.3, 0.4) is 0 Å². The Kier molecular flexibility index (Phi) is 5.56. The molecular weight excluding hydrogens is 439 g/mol. The summed E-state index contributed by atoms with van der Waals surface area (Å²) in [6.45, 7) is 3.76. The largest absolute Gasteiger partial charge is 0.858 e. The van der Waals surface area contributed by atoms with Crippen LogP contribution in [0.25, 0.3) is 17.0 Å². The minimum absolute atomic E-state index is 0.0449. The molecule has 2 aromatic heterocycles. The van der Waals surface area contributed by atoms with E-state index in [-0.39, 0.29) is 28.4 Å². The highest BCUT2D eigenvalue weighted by Crippen LogP contribution is 2.37. The number of nitrogens with zero attached hydrogens (tertiary/aromatic N) is 4. The maximum atomic E-state index is 13.4. The van der Waals surface area contributed by atoms with E-state index in [2.05, 4.69) is 5.10 Å². The van der Waals surface area contributed by atoms with E-state index < -0.39 is 17.7 Å². The third kappa shape index (κ3) is 3.49.